The molecule has 2 nitrogen and oxygen atoms in total. The van der Waals surface area contributed by atoms with E-state index in [0.717, 1.165) is 25.3 Å². The highest BCUT2D eigenvalue weighted by Crippen LogP contribution is 2.41. The Morgan fingerprint density at radius 3 is 2.10 bits per heavy atom. The van der Waals surface area contributed by atoms with Gasteiger partial charge in [-0.05, 0) is 56.9 Å². The average Bonchev–Trinajstić information content (AvgIpc) is 2.47. The first-order valence-corrected chi connectivity index (χ1v) is 8.98. The van der Waals surface area contributed by atoms with Crippen molar-refractivity contribution in [2.24, 2.45) is 16.7 Å². The van der Waals surface area contributed by atoms with Gasteiger partial charge in [-0.15, -0.1) is 0 Å². The second-order valence-electron chi connectivity index (χ2n) is 8.74. The van der Waals surface area contributed by atoms with Crippen molar-refractivity contribution in [1.82, 2.24) is 4.90 Å². The summed E-state index contributed by atoms with van der Waals surface area (Å²) in [7, 11) is 2.26. The molecule has 21 heavy (non-hydrogen) atoms. The number of rotatable bonds is 3. The van der Waals surface area contributed by atoms with Crippen LogP contribution in [0.5, 0.6) is 0 Å². The van der Waals surface area contributed by atoms with Gasteiger partial charge in [-0.3, -0.25) is 0 Å². The molecule has 0 radical (unpaired) electrons. The molecular weight excluding hydrogens is 256 g/mol. The minimum atomic E-state index is -0.0477. The van der Waals surface area contributed by atoms with Crippen LogP contribution in [0.25, 0.3) is 0 Å². The lowest BCUT2D eigenvalue weighted by Gasteiger charge is -2.42. The Kier molecular flexibility index (Phi) is 5.36. The monoisotopic (exact) mass is 290 g/mol. The Balaban J connectivity index is 1.87. The van der Waals surface area contributed by atoms with Crippen LogP contribution in [0.15, 0.2) is 0 Å². The maximum absolute atomic E-state index is 9.66. The lowest BCUT2D eigenvalue weighted by atomic mass is 9.70. The van der Waals surface area contributed by atoms with Gasteiger partial charge in [0.1, 0.15) is 0 Å². The van der Waals surface area contributed by atoms with Crippen LogP contribution < -0.4 is 0 Å². The molecule has 0 unspecified atom stereocenters. The molecular formula is C19H34N2. The Morgan fingerprint density at radius 2 is 1.62 bits per heavy atom. The largest absolute Gasteiger partial charge is 0.302 e. The van der Waals surface area contributed by atoms with E-state index < -0.39 is 0 Å². The predicted molar refractivity (Wildman–Crippen MR) is 89.0 cm³/mol. The molecule has 2 rings (SSSR count). The predicted octanol–water partition coefficient (Wildman–Crippen LogP) is 5.00. The fraction of sp³-hybridized carbons (Fsp3) is 0.947. The van der Waals surface area contributed by atoms with Crippen LogP contribution in [0.3, 0.4) is 0 Å². The van der Waals surface area contributed by atoms with Gasteiger partial charge in [-0.1, -0.05) is 40.0 Å². The van der Waals surface area contributed by atoms with E-state index in [1.54, 1.807) is 0 Å². The molecule has 2 aliphatic rings. The maximum Gasteiger partial charge on any atom is 0.0703 e. The van der Waals surface area contributed by atoms with Crippen molar-refractivity contribution in [1.29, 1.82) is 5.26 Å². The fourth-order valence-corrected chi connectivity index (χ4v) is 4.52. The highest BCUT2D eigenvalue weighted by atomic mass is 15.1. The third-order valence-corrected chi connectivity index (χ3v) is 6.14. The Bertz CT molecular complexity index is 360. The van der Waals surface area contributed by atoms with Crippen LogP contribution in [-0.2, 0) is 0 Å². The molecule has 2 fully saturated rings. The van der Waals surface area contributed by atoms with Crippen LogP contribution in [0, 0.1) is 28.1 Å². The fourth-order valence-electron chi connectivity index (χ4n) is 4.52. The molecule has 120 valence electrons. The summed E-state index contributed by atoms with van der Waals surface area (Å²) in [5.41, 5.74) is 0.411. The normalized spacial score (nSPS) is 30.1. The van der Waals surface area contributed by atoms with Gasteiger partial charge in [0.05, 0.1) is 11.5 Å². The van der Waals surface area contributed by atoms with E-state index in [1.807, 2.05) is 0 Å². The first-order valence-electron chi connectivity index (χ1n) is 8.98. The van der Waals surface area contributed by atoms with Crippen molar-refractivity contribution in [3.63, 3.8) is 0 Å². The summed E-state index contributed by atoms with van der Waals surface area (Å²) in [4.78, 5) is 2.52. The van der Waals surface area contributed by atoms with Crippen molar-refractivity contribution < 1.29 is 0 Å². The molecule has 0 heterocycles. The topological polar surface area (TPSA) is 27.0 Å². The van der Waals surface area contributed by atoms with Gasteiger partial charge in [-0.25, -0.2) is 0 Å². The van der Waals surface area contributed by atoms with E-state index in [1.165, 1.54) is 44.9 Å². The molecule has 0 aromatic rings. The molecule has 2 saturated carbocycles. The van der Waals surface area contributed by atoms with E-state index >= 15 is 0 Å². The van der Waals surface area contributed by atoms with Gasteiger partial charge in [0.25, 0.3) is 0 Å². The quantitative estimate of drug-likeness (QED) is 0.731. The maximum atomic E-state index is 9.66. The van der Waals surface area contributed by atoms with Gasteiger partial charge in [-0.2, -0.15) is 5.26 Å². The zero-order chi connectivity index (χ0) is 15.5. The van der Waals surface area contributed by atoms with Crippen molar-refractivity contribution in [2.75, 3.05) is 13.6 Å². The van der Waals surface area contributed by atoms with E-state index in [2.05, 4.69) is 38.8 Å². The molecule has 0 spiro atoms. The SMILES string of the molecule is CN(CC1(C#N)CCCCC1)C1CCC(C(C)(C)C)CC1. The minimum Gasteiger partial charge on any atom is -0.302 e. The standard InChI is InChI=1S/C19H34N2/c1-18(2,3)16-8-10-17(11-9-16)21(4)15-19(14-20)12-6-5-7-13-19/h16-17H,5-13,15H2,1-4H3. The van der Waals surface area contributed by atoms with Gasteiger partial charge in [0, 0.05) is 12.6 Å². The van der Waals surface area contributed by atoms with Crippen LogP contribution >= 0.6 is 0 Å². The van der Waals surface area contributed by atoms with Gasteiger partial charge < -0.3 is 4.90 Å². The first-order chi connectivity index (χ1) is 9.86. The Labute approximate surface area is 131 Å². The lowest BCUT2D eigenvalue weighted by Crippen LogP contribution is -2.44. The van der Waals surface area contributed by atoms with E-state index in [4.69, 9.17) is 0 Å². The molecule has 0 aliphatic heterocycles. The summed E-state index contributed by atoms with van der Waals surface area (Å²) in [5, 5.41) is 9.66. The summed E-state index contributed by atoms with van der Waals surface area (Å²) < 4.78 is 0. The van der Waals surface area contributed by atoms with Crippen molar-refractivity contribution in [3.8, 4) is 6.07 Å². The third-order valence-electron chi connectivity index (χ3n) is 6.14. The average molecular weight is 290 g/mol. The smallest absolute Gasteiger partial charge is 0.0703 e. The van der Waals surface area contributed by atoms with Gasteiger partial charge in [0.2, 0.25) is 0 Å². The molecule has 2 heteroatoms. The second-order valence-corrected chi connectivity index (χ2v) is 8.74. The van der Waals surface area contributed by atoms with E-state index in [0.29, 0.717) is 11.5 Å². The Morgan fingerprint density at radius 1 is 1.05 bits per heavy atom. The van der Waals surface area contributed by atoms with Crippen LogP contribution in [0.1, 0.15) is 78.6 Å². The Hall–Kier alpha value is -0.550. The minimum absolute atomic E-state index is 0.0477. The molecule has 0 saturated heterocycles. The highest BCUT2D eigenvalue weighted by molar-refractivity contribution is 5.03. The molecule has 0 atom stereocenters. The van der Waals surface area contributed by atoms with Crippen molar-refractivity contribution in [3.05, 3.63) is 0 Å². The van der Waals surface area contributed by atoms with Crippen LogP contribution in [0.4, 0.5) is 0 Å². The molecule has 2 aliphatic carbocycles. The van der Waals surface area contributed by atoms with E-state index in [-0.39, 0.29) is 5.41 Å². The summed E-state index contributed by atoms with van der Waals surface area (Å²) in [6, 6.07) is 3.38. The zero-order valence-corrected chi connectivity index (χ0v) is 14.6. The number of hydrogen-bond acceptors (Lipinski definition) is 2. The molecule has 0 bridgehead atoms. The van der Waals surface area contributed by atoms with Gasteiger partial charge >= 0.3 is 0 Å². The van der Waals surface area contributed by atoms with Crippen LogP contribution in [-0.4, -0.2) is 24.5 Å². The summed E-state index contributed by atoms with van der Waals surface area (Å²) in [6.45, 7) is 8.14. The molecule has 0 aromatic heterocycles. The third kappa shape index (κ3) is 4.22. The summed E-state index contributed by atoms with van der Waals surface area (Å²) in [5.74, 6) is 0.877. The molecule has 0 amide bonds. The molecule has 0 aromatic carbocycles. The van der Waals surface area contributed by atoms with Crippen LogP contribution in [0.2, 0.25) is 0 Å². The van der Waals surface area contributed by atoms with Gasteiger partial charge in [0.15, 0.2) is 0 Å². The van der Waals surface area contributed by atoms with E-state index in [9.17, 15) is 5.26 Å². The summed E-state index contributed by atoms with van der Waals surface area (Å²) in [6.07, 6.45) is 11.4. The number of nitrogens with zero attached hydrogens (tertiary/aromatic N) is 2. The molecule has 0 N–H and O–H groups in total. The van der Waals surface area contributed by atoms with Crippen molar-refractivity contribution in [2.45, 2.75) is 84.6 Å². The lowest BCUT2D eigenvalue weighted by molar-refractivity contribution is 0.0810. The number of nitriles is 1. The van der Waals surface area contributed by atoms with Crippen molar-refractivity contribution >= 4 is 0 Å². The second kappa shape index (κ2) is 6.69. The first kappa shape index (κ1) is 16.8. The number of hydrogen-bond donors (Lipinski definition) is 0. The highest BCUT2D eigenvalue weighted by Gasteiger charge is 2.36. The zero-order valence-electron chi connectivity index (χ0n) is 14.6. The summed E-state index contributed by atoms with van der Waals surface area (Å²) >= 11 is 0.